The number of aromatic nitrogens is 2. The molecule has 0 bridgehead atoms. The van der Waals surface area contributed by atoms with Crippen molar-refractivity contribution in [2.45, 2.75) is 26.6 Å². The highest BCUT2D eigenvalue weighted by Gasteiger charge is 2.08. The molecule has 2 aromatic rings. The highest BCUT2D eigenvalue weighted by atomic mass is 16.3. The first-order chi connectivity index (χ1) is 9.31. The van der Waals surface area contributed by atoms with Crippen LogP contribution >= 0.6 is 0 Å². The average Bonchev–Trinajstić information content (AvgIpc) is 2.88. The Labute approximate surface area is 114 Å². The smallest absolute Gasteiger partial charge is 0.0764 e. The standard InChI is InChI=1S/C15H21N3O/c1-2-18-9-8-15(16-18)13-17(10-11-19)12-14-6-4-3-5-7-14/h3-9,19H,2,10-13H2,1H3. The molecule has 1 N–H and O–H groups in total. The molecule has 0 spiro atoms. The van der Waals surface area contributed by atoms with E-state index in [0.29, 0.717) is 6.54 Å². The van der Waals surface area contributed by atoms with Crippen molar-refractivity contribution in [3.8, 4) is 0 Å². The SMILES string of the molecule is CCn1ccc(CN(CCO)Cc2ccccc2)n1. The minimum atomic E-state index is 0.168. The van der Waals surface area contributed by atoms with Gasteiger partial charge in [0.2, 0.25) is 0 Å². The Morgan fingerprint density at radius 3 is 2.58 bits per heavy atom. The van der Waals surface area contributed by atoms with Crippen molar-refractivity contribution in [2.24, 2.45) is 0 Å². The summed E-state index contributed by atoms with van der Waals surface area (Å²) in [7, 11) is 0. The van der Waals surface area contributed by atoms with Gasteiger partial charge in [0.05, 0.1) is 12.3 Å². The third-order valence-corrected chi connectivity index (χ3v) is 3.07. The normalized spacial score (nSPS) is 11.1. The number of benzene rings is 1. The predicted octanol–water partition coefficient (Wildman–Crippen LogP) is 1.90. The van der Waals surface area contributed by atoms with Crippen LogP contribution in [0, 0.1) is 0 Å². The van der Waals surface area contributed by atoms with Gasteiger partial charge in [-0.25, -0.2) is 0 Å². The minimum Gasteiger partial charge on any atom is -0.395 e. The van der Waals surface area contributed by atoms with E-state index >= 15 is 0 Å². The number of aliphatic hydroxyl groups is 1. The molecule has 0 aliphatic carbocycles. The fourth-order valence-corrected chi connectivity index (χ4v) is 2.09. The van der Waals surface area contributed by atoms with Gasteiger partial charge in [-0.3, -0.25) is 9.58 Å². The fraction of sp³-hybridized carbons (Fsp3) is 0.400. The second-order valence-corrected chi connectivity index (χ2v) is 4.58. The average molecular weight is 259 g/mol. The largest absolute Gasteiger partial charge is 0.395 e. The van der Waals surface area contributed by atoms with Gasteiger partial charge in [-0.1, -0.05) is 30.3 Å². The van der Waals surface area contributed by atoms with Crippen LogP contribution in [0.1, 0.15) is 18.2 Å². The number of hydrogen-bond donors (Lipinski definition) is 1. The summed E-state index contributed by atoms with van der Waals surface area (Å²) in [6, 6.07) is 12.3. The highest BCUT2D eigenvalue weighted by molar-refractivity contribution is 5.14. The van der Waals surface area contributed by atoms with Gasteiger partial charge in [0.15, 0.2) is 0 Å². The van der Waals surface area contributed by atoms with Gasteiger partial charge < -0.3 is 5.11 Å². The van der Waals surface area contributed by atoms with E-state index in [1.54, 1.807) is 0 Å². The van der Waals surface area contributed by atoms with Crippen molar-refractivity contribution in [1.29, 1.82) is 0 Å². The summed E-state index contributed by atoms with van der Waals surface area (Å²) in [5, 5.41) is 13.7. The first-order valence-corrected chi connectivity index (χ1v) is 6.71. The Balaban J connectivity index is 1.99. The molecule has 0 radical (unpaired) electrons. The van der Waals surface area contributed by atoms with Crippen molar-refractivity contribution in [3.63, 3.8) is 0 Å². The van der Waals surface area contributed by atoms with E-state index in [-0.39, 0.29) is 6.61 Å². The van der Waals surface area contributed by atoms with Crippen LogP contribution in [0.4, 0.5) is 0 Å². The van der Waals surface area contributed by atoms with Crippen LogP contribution in [0.5, 0.6) is 0 Å². The molecule has 19 heavy (non-hydrogen) atoms. The van der Waals surface area contributed by atoms with Crippen molar-refractivity contribution >= 4 is 0 Å². The molecular formula is C15H21N3O. The van der Waals surface area contributed by atoms with Crippen molar-refractivity contribution in [3.05, 3.63) is 53.9 Å². The van der Waals surface area contributed by atoms with E-state index in [4.69, 9.17) is 0 Å². The third kappa shape index (κ3) is 4.19. The number of aryl methyl sites for hydroxylation is 1. The Hall–Kier alpha value is -1.65. The second-order valence-electron chi connectivity index (χ2n) is 4.58. The van der Waals surface area contributed by atoms with Crippen molar-refractivity contribution in [2.75, 3.05) is 13.2 Å². The molecule has 0 fully saturated rings. The lowest BCUT2D eigenvalue weighted by atomic mass is 10.2. The molecule has 102 valence electrons. The maximum absolute atomic E-state index is 9.18. The summed E-state index contributed by atoms with van der Waals surface area (Å²) in [6.45, 7) is 5.39. The first kappa shape index (κ1) is 13.8. The molecular weight excluding hydrogens is 238 g/mol. The maximum Gasteiger partial charge on any atom is 0.0764 e. The van der Waals surface area contributed by atoms with E-state index in [1.165, 1.54) is 5.56 Å². The summed E-state index contributed by atoms with van der Waals surface area (Å²) < 4.78 is 1.93. The van der Waals surface area contributed by atoms with Crippen molar-refractivity contribution in [1.82, 2.24) is 14.7 Å². The number of aliphatic hydroxyl groups excluding tert-OH is 1. The molecule has 0 amide bonds. The molecule has 0 saturated heterocycles. The molecule has 0 unspecified atom stereocenters. The summed E-state index contributed by atoms with van der Waals surface area (Å²) >= 11 is 0. The summed E-state index contributed by atoms with van der Waals surface area (Å²) in [6.07, 6.45) is 2.00. The van der Waals surface area contributed by atoms with E-state index in [0.717, 1.165) is 25.3 Å². The maximum atomic E-state index is 9.18. The Morgan fingerprint density at radius 1 is 1.16 bits per heavy atom. The molecule has 0 atom stereocenters. The van der Waals surface area contributed by atoms with Crippen LogP contribution in [-0.4, -0.2) is 32.9 Å². The van der Waals surface area contributed by atoms with Crippen LogP contribution in [0.3, 0.4) is 0 Å². The quantitative estimate of drug-likeness (QED) is 0.825. The van der Waals surface area contributed by atoms with E-state index in [9.17, 15) is 5.11 Å². The predicted molar refractivity (Wildman–Crippen MR) is 75.5 cm³/mol. The van der Waals surface area contributed by atoms with E-state index in [2.05, 4.69) is 29.1 Å². The topological polar surface area (TPSA) is 41.3 Å². The minimum absolute atomic E-state index is 0.168. The van der Waals surface area contributed by atoms with Crippen molar-refractivity contribution < 1.29 is 5.11 Å². The molecule has 1 heterocycles. The van der Waals surface area contributed by atoms with E-state index < -0.39 is 0 Å². The number of hydrogen-bond acceptors (Lipinski definition) is 3. The van der Waals surface area contributed by atoms with Gasteiger partial charge in [-0.05, 0) is 18.6 Å². The highest BCUT2D eigenvalue weighted by Crippen LogP contribution is 2.08. The van der Waals surface area contributed by atoms with Gasteiger partial charge >= 0.3 is 0 Å². The molecule has 4 heteroatoms. The fourth-order valence-electron chi connectivity index (χ4n) is 2.09. The van der Waals surface area contributed by atoms with Gasteiger partial charge in [-0.2, -0.15) is 5.10 Å². The molecule has 1 aromatic heterocycles. The number of nitrogens with zero attached hydrogens (tertiary/aromatic N) is 3. The Morgan fingerprint density at radius 2 is 1.95 bits per heavy atom. The molecule has 4 nitrogen and oxygen atoms in total. The van der Waals surface area contributed by atoms with Gasteiger partial charge in [0, 0.05) is 32.4 Å². The molecule has 2 rings (SSSR count). The summed E-state index contributed by atoms with van der Waals surface area (Å²) in [4.78, 5) is 2.21. The second kappa shape index (κ2) is 7.07. The molecule has 0 aliphatic rings. The molecule has 1 aromatic carbocycles. The zero-order valence-corrected chi connectivity index (χ0v) is 11.4. The third-order valence-electron chi connectivity index (χ3n) is 3.07. The Kier molecular flexibility index (Phi) is 5.12. The Bertz CT molecular complexity index is 481. The van der Waals surface area contributed by atoms with E-state index in [1.807, 2.05) is 35.1 Å². The zero-order valence-electron chi connectivity index (χ0n) is 11.4. The lowest BCUT2D eigenvalue weighted by molar-refractivity contribution is 0.182. The lowest BCUT2D eigenvalue weighted by Crippen LogP contribution is -2.26. The number of rotatable bonds is 7. The lowest BCUT2D eigenvalue weighted by Gasteiger charge is -2.20. The monoisotopic (exact) mass is 259 g/mol. The van der Waals surface area contributed by atoms with Crippen LogP contribution < -0.4 is 0 Å². The summed E-state index contributed by atoms with van der Waals surface area (Å²) in [5.74, 6) is 0. The van der Waals surface area contributed by atoms with Gasteiger partial charge in [0.1, 0.15) is 0 Å². The molecule has 0 aliphatic heterocycles. The van der Waals surface area contributed by atoms with Crippen LogP contribution in [0.25, 0.3) is 0 Å². The van der Waals surface area contributed by atoms with Gasteiger partial charge in [-0.15, -0.1) is 0 Å². The van der Waals surface area contributed by atoms with Crippen LogP contribution in [-0.2, 0) is 19.6 Å². The summed E-state index contributed by atoms with van der Waals surface area (Å²) in [5.41, 5.74) is 2.30. The molecule has 0 saturated carbocycles. The van der Waals surface area contributed by atoms with Crippen LogP contribution in [0.15, 0.2) is 42.6 Å². The zero-order chi connectivity index (χ0) is 13.5. The van der Waals surface area contributed by atoms with Gasteiger partial charge in [0.25, 0.3) is 0 Å². The first-order valence-electron chi connectivity index (χ1n) is 6.71. The van der Waals surface area contributed by atoms with Crippen LogP contribution in [0.2, 0.25) is 0 Å².